The Morgan fingerprint density at radius 3 is 2.53 bits per heavy atom. The van der Waals surface area contributed by atoms with Gasteiger partial charge in [-0.05, 0) is 36.6 Å². The van der Waals surface area contributed by atoms with Gasteiger partial charge >= 0.3 is 0 Å². The monoisotopic (exact) mass is 258 g/mol. The van der Waals surface area contributed by atoms with Gasteiger partial charge in [0.15, 0.2) is 17.9 Å². The number of carbonyl (C=O) groups excluding carboxylic acids is 1. The van der Waals surface area contributed by atoms with Crippen LogP contribution in [0.25, 0.3) is 0 Å². The highest BCUT2D eigenvalue weighted by Gasteiger charge is 2.13. The van der Waals surface area contributed by atoms with Crippen LogP contribution in [-0.2, 0) is 6.61 Å². The number of hydrogen-bond donors (Lipinski definition) is 0. The van der Waals surface area contributed by atoms with E-state index in [-0.39, 0.29) is 5.75 Å². The topological polar surface area (TPSA) is 26.3 Å². The molecule has 0 saturated heterocycles. The fourth-order valence-corrected chi connectivity index (χ4v) is 1.96. The van der Waals surface area contributed by atoms with Crippen LogP contribution in [0.2, 0.25) is 0 Å². The normalized spacial score (nSPS) is 10.3. The molecule has 0 radical (unpaired) electrons. The Morgan fingerprint density at radius 2 is 1.89 bits per heavy atom. The molecule has 2 aromatic rings. The van der Waals surface area contributed by atoms with Crippen molar-refractivity contribution < 1.29 is 13.9 Å². The molecule has 0 amide bonds. The summed E-state index contributed by atoms with van der Waals surface area (Å²) >= 11 is 0. The Morgan fingerprint density at radius 1 is 1.21 bits per heavy atom. The Labute approximate surface area is 111 Å². The summed E-state index contributed by atoms with van der Waals surface area (Å²) in [6.07, 6.45) is 0.675. The van der Waals surface area contributed by atoms with Crippen molar-refractivity contribution in [2.24, 2.45) is 0 Å². The zero-order valence-corrected chi connectivity index (χ0v) is 10.9. The molecule has 2 aromatic carbocycles. The lowest BCUT2D eigenvalue weighted by molar-refractivity contribution is 0.112. The number of carbonyl (C=O) groups is 1. The number of benzene rings is 2. The maximum absolute atomic E-state index is 14.0. The predicted octanol–water partition coefficient (Wildman–Crippen LogP) is 3.83. The molecule has 2 nitrogen and oxygen atoms in total. The SMILES string of the molecule is Cc1cc(OCc2ccccc2)c(F)c(C)c1C=O. The smallest absolute Gasteiger partial charge is 0.168 e. The summed E-state index contributed by atoms with van der Waals surface area (Å²) in [6.45, 7) is 3.66. The maximum atomic E-state index is 14.0. The average Bonchev–Trinajstić information content (AvgIpc) is 2.43. The van der Waals surface area contributed by atoms with Crippen molar-refractivity contribution in [2.75, 3.05) is 0 Å². The minimum absolute atomic E-state index is 0.185. The molecule has 3 heteroatoms. The van der Waals surface area contributed by atoms with E-state index >= 15 is 0 Å². The number of ether oxygens (including phenoxy) is 1. The Kier molecular flexibility index (Phi) is 3.95. The molecule has 0 atom stereocenters. The first-order valence-electron chi connectivity index (χ1n) is 6.05. The van der Waals surface area contributed by atoms with Crippen molar-refractivity contribution in [3.05, 3.63) is 64.5 Å². The van der Waals surface area contributed by atoms with Crippen molar-refractivity contribution in [1.29, 1.82) is 0 Å². The average molecular weight is 258 g/mol. The summed E-state index contributed by atoms with van der Waals surface area (Å²) < 4.78 is 19.5. The second kappa shape index (κ2) is 5.65. The molecule has 0 spiro atoms. The van der Waals surface area contributed by atoms with Gasteiger partial charge in [-0.3, -0.25) is 4.79 Å². The standard InChI is InChI=1S/C16H15FO2/c1-11-8-15(16(17)12(2)14(11)9-18)19-10-13-6-4-3-5-7-13/h3-9H,10H2,1-2H3. The largest absolute Gasteiger partial charge is 0.486 e. The van der Waals surface area contributed by atoms with Crippen molar-refractivity contribution in [2.45, 2.75) is 20.5 Å². The summed E-state index contributed by atoms with van der Waals surface area (Å²) in [4.78, 5) is 10.9. The van der Waals surface area contributed by atoms with Gasteiger partial charge in [0.25, 0.3) is 0 Å². The summed E-state index contributed by atoms with van der Waals surface area (Å²) in [5, 5.41) is 0. The van der Waals surface area contributed by atoms with E-state index in [1.807, 2.05) is 30.3 Å². The van der Waals surface area contributed by atoms with Gasteiger partial charge in [0, 0.05) is 5.56 Å². The molecule has 0 N–H and O–H groups in total. The second-order valence-electron chi connectivity index (χ2n) is 4.44. The number of rotatable bonds is 4. The highest BCUT2D eigenvalue weighted by molar-refractivity contribution is 5.80. The molecule has 0 bridgehead atoms. The Balaban J connectivity index is 2.24. The van der Waals surface area contributed by atoms with Crippen molar-refractivity contribution in [3.63, 3.8) is 0 Å². The molecule has 98 valence electrons. The fraction of sp³-hybridized carbons (Fsp3) is 0.188. The number of aldehydes is 1. The predicted molar refractivity (Wildman–Crippen MR) is 72.0 cm³/mol. The van der Waals surface area contributed by atoms with Crippen LogP contribution in [0.5, 0.6) is 5.75 Å². The van der Waals surface area contributed by atoms with E-state index in [1.165, 1.54) is 0 Å². The van der Waals surface area contributed by atoms with E-state index in [2.05, 4.69) is 0 Å². The fourth-order valence-electron chi connectivity index (χ4n) is 1.96. The van der Waals surface area contributed by atoms with Crippen LogP contribution in [-0.4, -0.2) is 6.29 Å². The molecule has 19 heavy (non-hydrogen) atoms. The highest BCUT2D eigenvalue weighted by Crippen LogP contribution is 2.26. The zero-order chi connectivity index (χ0) is 13.8. The van der Waals surface area contributed by atoms with E-state index in [1.54, 1.807) is 19.9 Å². The van der Waals surface area contributed by atoms with Gasteiger partial charge in [-0.1, -0.05) is 30.3 Å². The maximum Gasteiger partial charge on any atom is 0.168 e. The lowest BCUT2D eigenvalue weighted by Gasteiger charge is -2.12. The van der Waals surface area contributed by atoms with Gasteiger partial charge in [-0.2, -0.15) is 0 Å². The zero-order valence-electron chi connectivity index (χ0n) is 10.9. The summed E-state index contributed by atoms with van der Waals surface area (Å²) in [7, 11) is 0. The molecule has 0 saturated carbocycles. The van der Waals surface area contributed by atoms with Gasteiger partial charge in [0.05, 0.1) is 0 Å². The summed E-state index contributed by atoms with van der Waals surface area (Å²) in [5.74, 6) is -0.284. The quantitative estimate of drug-likeness (QED) is 0.779. The van der Waals surface area contributed by atoms with Gasteiger partial charge in [-0.25, -0.2) is 4.39 Å². The van der Waals surface area contributed by atoms with Crippen LogP contribution in [0.4, 0.5) is 4.39 Å². The van der Waals surface area contributed by atoms with Gasteiger partial charge < -0.3 is 4.74 Å². The molecule has 2 rings (SSSR count). The molecule has 0 unspecified atom stereocenters. The van der Waals surface area contributed by atoms with Crippen LogP contribution in [0.15, 0.2) is 36.4 Å². The third kappa shape index (κ3) is 2.81. The minimum Gasteiger partial charge on any atom is -0.486 e. The van der Waals surface area contributed by atoms with Gasteiger partial charge in [-0.15, -0.1) is 0 Å². The first kappa shape index (κ1) is 13.3. The summed E-state index contributed by atoms with van der Waals surface area (Å²) in [6, 6.07) is 11.1. The minimum atomic E-state index is -0.469. The van der Waals surface area contributed by atoms with Crippen molar-refractivity contribution in [1.82, 2.24) is 0 Å². The van der Waals surface area contributed by atoms with Crippen molar-refractivity contribution >= 4 is 6.29 Å². The number of halogens is 1. The van der Waals surface area contributed by atoms with Crippen LogP contribution in [0, 0.1) is 19.7 Å². The highest BCUT2D eigenvalue weighted by atomic mass is 19.1. The van der Waals surface area contributed by atoms with Gasteiger partial charge in [0.1, 0.15) is 6.61 Å². The Hall–Kier alpha value is -2.16. The molecule has 0 heterocycles. The van der Waals surface area contributed by atoms with Crippen LogP contribution in [0.3, 0.4) is 0 Å². The van der Waals surface area contributed by atoms with E-state index in [0.29, 0.717) is 24.0 Å². The first-order valence-corrected chi connectivity index (χ1v) is 6.05. The third-order valence-corrected chi connectivity index (χ3v) is 3.08. The van der Waals surface area contributed by atoms with Crippen molar-refractivity contribution in [3.8, 4) is 5.75 Å². The second-order valence-corrected chi connectivity index (χ2v) is 4.44. The molecular formula is C16H15FO2. The van der Waals surface area contributed by atoms with Crippen LogP contribution < -0.4 is 4.74 Å². The first-order chi connectivity index (χ1) is 9.13. The lowest BCUT2D eigenvalue weighted by atomic mass is 10.0. The molecule has 0 aromatic heterocycles. The lowest BCUT2D eigenvalue weighted by Crippen LogP contribution is -2.02. The number of hydrogen-bond acceptors (Lipinski definition) is 2. The molecule has 0 aliphatic carbocycles. The number of aryl methyl sites for hydroxylation is 1. The molecule has 0 aliphatic rings. The van der Waals surface area contributed by atoms with Crippen LogP contribution >= 0.6 is 0 Å². The Bertz CT molecular complexity index is 591. The van der Waals surface area contributed by atoms with Gasteiger partial charge in [0.2, 0.25) is 0 Å². The van der Waals surface area contributed by atoms with E-state index < -0.39 is 5.82 Å². The third-order valence-electron chi connectivity index (χ3n) is 3.08. The summed E-state index contributed by atoms with van der Waals surface area (Å²) in [5.41, 5.74) is 2.41. The van der Waals surface area contributed by atoms with E-state index in [4.69, 9.17) is 4.74 Å². The molecule has 0 aliphatic heterocycles. The van der Waals surface area contributed by atoms with E-state index in [9.17, 15) is 9.18 Å². The van der Waals surface area contributed by atoms with E-state index in [0.717, 1.165) is 11.1 Å². The molecule has 0 fully saturated rings. The van der Waals surface area contributed by atoms with Crippen LogP contribution in [0.1, 0.15) is 27.0 Å². The molecular weight excluding hydrogens is 243 g/mol.